The van der Waals surface area contributed by atoms with Gasteiger partial charge < -0.3 is 11.1 Å². The van der Waals surface area contributed by atoms with Crippen molar-refractivity contribution in [3.8, 4) is 0 Å². The lowest BCUT2D eigenvalue weighted by molar-refractivity contribution is 0.179. The molecule has 12 heavy (non-hydrogen) atoms. The Hall–Kier alpha value is -0.0800. The lowest BCUT2D eigenvalue weighted by Crippen LogP contribution is -2.45. The van der Waals surface area contributed by atoms with Crippen molar-refractivity contribution in [2.24, 2.45) is 17.1 Å². The molecule has 2 rings (SSSR count). The van der Waals surface area contributed by atoms with Gasteiger partial charge in [-0.1, -0.05) is 6.92 Å². The molecule has 1 heterocycles. The summed E-state index contributed by atoms with van der Waals surface area (Å²) in [6.07, 6.45) is 5.23. The predicted octanol–water partition coefficient (Wildman–Crippen LogP) is 1.11. The van der Waals surface area contributed by atoms with Crippen LogP contribution in [0.25, 0.3) is 0 Å². The Morgan fingerprint density at radius 2 is 2.00 bits per heavy atom. The SMILES string of the molecule is CC1CC(N)C2(CCNCC2)C1. The molecule has 1 saturated carbocycles. The van der Waals surface area contributed by atoms with E-state index in [0.29, 0.717) is 11.5 Å². The molecule has 2 aliphatic rings. The second-order valence-corrected chi connectivity index (χ2v) is 4.76. The minimum Gasteiger partial charge on any atom is -0.327 e. The van der Waals surface area contributed by atoms with Crippen molar-refractivity contribution in [1.82, 2.24) is 5.32 Å². The molecule has 0 aromatic heterocycles. The highest BCUT2D eigenvalue weighted by Crippen LogP contribution is 2.46. The fourth-order valence-corrected chi connectivity index (χ4v) is 3.11. The molecule has 1 spiro atoms. The van der Waals surface area contributed by atoms with Gasteiger partial charge in [0.05, 0.1) is 0 Å². The van der Waals surface area contributed by atoms with Gasteiger partial charge in [-0.05, 0) is 50.1 Å². The van der Waals surface area contributed by atoms with Crippen molar-refractivity contribution in [2.75, 3.05) is 13.1 Å². The molecule has 0 bridgehead atoms. The van der Waals surface area contributed by atoms with Gasteiger partial charge in [0.1, 0.15) is 0 Å². The van der Waals surface area contributed by atoms with E-state index in [-0.39, 0.29) is 0 Å². The molecule has 0 aromatic rings. The molecule has 2 fully saturated rings. The van der Waals surface area contributed by atoms with E-state index in [4.69, 9.17) is 5.73 Å². The fraction of sp³-hybridized carbons (Fsp3) is 1.00. The number of hydrogen-bond donors (Lipinski definition) is 2. The smallest absolute Gasteiger partial charge is 0.00991 e. The van der Waals surface area contributed by atoms with Crippen LogP contribution in [0.5, 0.6) is 0 Å². The first-order chi connectivity index (χ1) is 5.73. The number of piperidine rings is 1. The van der Waals surface area contributed by atoms with Gasteiger partial charge in [-0.3, -0.25) is 0 Å². The van der Waals surface area contributed by atoms with Gasteiger partial charge in [0.2, 0.25) is 0 Å². The lowest BCUT2D eigenvalue weighted by Gasteiger charge is -2.37. The summed E-state index contributed by atoms with van der Waals surface area (Å²) in [5.74, 6) is 0.859. The van der Waals surface area contributed by atoms with E-state index in [1.807, 2.05) is 0 Å². The Kier molecular flexibility index (Phi) is 2.13. The molecule has 1 aliphatic heterocycles. The molecule has 2 heteroatoms. The van der Waals surface area contributed by atoms with Gasteiger partial charge >= 0.3 is 0 Å². The molecule has 1 saturated heterocycles. The van der Waals surface area contributed by atoms with E-state index in [9.17, 15) is 0 Å². The highest BCUT2D eigenvalue weighted by Gasteiger charge is 2.44. The quantitative estimate of drug-likeness (QED) is 0.568. The van der Waals surface area contributed by atoms with Gasteiger partial charge in [-0.15, -0.1) is 0 Å². The summed E-state index contributed by atoms with van der Waals surface area (Å²) in [5, 5.41) is 3.42. The van der Waals surface area contributed by atoms with E-state index in [1.165, 1.54) is 38.8 Å². The van der Waals surface area contributed by atoms with E-state index >= 15 is 0 Å². The first-order valence-electron chi connectivity index (χ1n) is 5.19. The fourth-order valence-electron chi connectivity index (χ4n) is 3.11. The van der Waals surface area contributed by atoms with Crippen molar-refractivity contribution in [3.05, 3.63) is 0 Å². The van der Waals surface area contributed by atoms with E-state index in [0.717, 1.165) is 5.92 Å². The molecule has 0 amide bonds. The van der Waals surface area contributed by atoms with Gasteiger partial charge in [0.15, 0.2) is 0 Å². The lowest BCUT2D eigenvalue weighted by atomic mass is 9.74. The average molecular weight is 168 g/mol. The Bertz CT molecular complexity index is 161. The predicted molar refractivity (Wildman–Crippen MR) is 50.9 cm³/mol. The van der Waals surface area contributed by atoms with Crippen LogP contribution in [0.4, 0.5) is 0 Å². The number of nitrogens with one attached hydrogen (secondary N) is 1. The third-order valence-electron chi connectivity index (χ3n) is 3.80. The summed E-state index contributed by atoms with van der Waals surface area (Å²) >= 11 is 0. The van der Waals surface area contributed by atoms with Gasteiger partial charge in [0, 0.05) is 6.04 Å². The maximum Gasteiger partial charge on any atom is 0.00991 e. The van der Waals surface area contributed by atoms with Gasteiger partial charge in [-0.25, -0.2) is 0 Å². The Balaban J connectivity index is 2.08. The topological polar surface area (TPSA) is 38.0 Å². The summed E-state index contributed by atoms with van der Waals surface area (Å²) < 4.78 is 0. The monoisotopic (exact) mass is 168 g/mol. The van der Waals surface area contributed by atoms with Crippen molar-refractivity contribution in [1.29, 1.82) is 0 Å². The van der Waals surface area contributed by atoms with Crippen LogP contribution in [0, 0.1) is 11.3 Å². The first kappa shape index (κ1) is 8.52. The molecule has 3 N–H and O–H groups in total. The molecule has 2 unspecified atom stereocenters. The van der Waals surface area contributed by atoms with Crippen LogP contribution >= 0.6 is 0 Å². The van der Waals surface area contributed by atoms with Crippen molar-refractivity contribution >= 4 is 0 Å². The largest absolute Gasteiger partial charge is 0.327 e. The van der Waals surface area contributed by atoms with Crippen LogP contribution in [0.3, 0.4) is 0 Å². The third kappa shape index (κ3) is 1.27. The Morgan fingerprint density at radius 1 is 1.33 bits per heavy atom. The second kappa shape index (κ2) is 3.00. The summed E-state index contributed by atoms with van der Waals surface area (Å²) in [6.45, 7) is 4.71. The molecule has 2 nitrogen and oxygen atoms in total. The minimum absolute atomic E-state index is 0.481. The third-order valence-corrected chi connectivity index (χ3v) is 3.80. The maximum absolute atomic E-state index is 6.21. The van der Waals surface area contributed by atoms with Crippen LogP contribution in [-0.2, 0) is 0 Å². The zero-order chi connectivity index (χ0) is 8.60. The highest BCUT2D eigenvalue weighted by molar-refractivity contribution is 4.99. The Morgan fingerprint density at radius 3 is 2.50 bits per heavy atom. The molecule has 2 atom stereocenters. The number of rotatable bonds is 0. The first-order valence-corrected chi connectivity index (χ1v) is 5.19. The van der Waals surface area contributed by atoms with Gasteiger partial charge in [-0.2, -0.15) is 0 Å². The summed E-state index contributed by atoms with van der Waals surface area (Å²) in [6, 6.07) is 0.481. The van der Waals surface area contributed by atoms with Crippen molar-refractivity contribution < 1.29 is 0 Å². The average Bonchev–Trinajstić information content (AvgIpc) is 2.29. The van der Waals surface area contributed by atoms with Crippen molar-refractivity contribution in [3.63, 3.8) is 0 Å². The molecule has 0 radical (unpaired) electrons. The summed E-state index contributed by atoms with van der Waals surface area (Å²) in [5.41, 5.74) is 6.73. The minimum atomic E-state index is 0.481. The van der Waals surface area contributed by atoms with Crippen LogP contribution < -0.4 is 11.1 Å². The van der Waals surface area contributed by atoms with Crippen molar-refractivity contribution in [2.45, 2.75) is 38.6 Å². The van der Waals surface area contributed by atoms with Crippen LogP contribution in [0.1, 0.15) is 32.6 Å². The summed E-state index contributed by atoms with van der Waals surface area (Å²) in [4.78, 5) is 0. The molecular weight excluding hydrogens is 148 g/mol. The van der Waals surface area contributed by atoms with Crippen LogP contribution in [-0.4, -0.2) is 19.1 Å². The van der Waals surface area contributed by atoms with E-state index in [2.05, 4.69) is 12.2 Å². The van der Waals surface area contributed by atoms with Crippen LogP contribution in [0.2, 0.25) is 0 Å². The maximum atomic E-state index is 6.21. The molecule has 0 aromatic carbocycles. The van der Waals surface area contributed by atoms with E-state index in [1.54, 1.807) is 0 Å². The summed E-state index contributed by atoms with van der Waals surface area (Å²) in [7, 11) is 0. The number of nitrogens with two attached hydrogens (primary N) is 1. The second-order valence-electron chi connectivity index (χ2n) is 4.76. The Labute approximate surface area is 74.9 Å². The standard InChI is InChI=1S/C10H20N2/c1-8-6-9(11)10(7-8)2-4-12-5-3-10/h8-9,12H,2-7,11H2,1H3. The van der Waals surface area contributed by atoms with E-state index < -0.39 is 0 Å². The van der Waals surface area contributed by atoms with Gasteiger partial charge in [0.25, 0.3) is 0 Å². The normalized spacial score (nSPS) is 40.5. The molecular formula is C10H20N2. The molecule has 70 valence electrons. The highest BCUT2D eigenvalue weighted by atomic mass is 14.9. The van der Waals surface area contributed by atoms with Crippen LogP contribution in [0.15, 0.2) is 0 Å². The molecule has 1 aliphatic carbocycles. The number of hydrogen-bond acceptors (Lipinski definition) is 2. The zero-order valence-corrected chi connectivity index (χ0v) is 7.97. The zero-order valence-electron chi connectivity index (χ0n) is 7.97.